The molecule has 1 saturated heterocycles. The first-order valence-corrected chi connectivity index (χ1v) is 5.82. The van der Waals surface area contributed by atoms with Crippen molar-refractivity contribution in [3.63, 3.8) is 0 Å². The van der Waals surface area contributed by atoms with E-state index in [1.165, 1.54) is 0 Å². The maximum absolute atomic E-state index is 11.0. The number of halogens is 1. The summed E-state index contributed by atoms with van der Waals surface area (Å²) in [5.41, 5.74) is 6.83. The highest BCUT2D eigenvalue weighted by atomic mass is 35.5. The summed E-state index contributed by atoms with van der Waals surface area (Å²) in [4.78, 5) is 12.9. The number of nitro benzene ring substituents is 1. The van der Waals surface area contributed by atoms with E-state index >= 15 is 0 Å². The molecular formula is C12H18ClN3O2. The normalized spacial score (nSPS) is 21.3. The van der Waals surface area contributed by atoms with E-state index in [0.717, 1.165) is 25.1 Å². The number of nitrogens with zero attached hydrogens (tertiary/aromatic N) is 2. The van der Waals surface area contributed by atoms with Crippen molar-refractivity contribution in [2.24, 2.45) is 5.73 Å². The number of para-hydroxylation sites is 1. The summed E-state index contributed by atoms with van der Waals surface area (Å²) in [5.74, 6) is 0. The Morgan fingerprint density at radius 2 is 2.17 bits per heavy atom. The van der Waals surface area contributed by atoms with Crippen LogP contribution in [-0.4, -0.2) is 29.0 Å². The maximum atomic E-state index is 11.0. The van der Waals surface area contributed by atoms with Crippen LogP contribution in [0.15, 0.2) is 24.3 Å². The van der Waals surface area contributed by atoms with Crippen LogP contribution < -0.4 is 5.73 Å². The fraction of sp³-hybridized carbons (Fsp3) is 0.500. The Hall–Kier alpha value is -1.17. The molecule has 1 heterocycles. The van der Waals surface area contributed by atoms with Crippen LogP contribution in [-0.2, 0) is 0 Å². The van der Waals surface area contributed by atoms with Crippen LogP contribution in [0.3, 0.4) is 0 Å². The molecule has 18 heavy (non-hydrogen) atoms. The van der Waals surface area contributed by atoms with Gasteiger partial charge in [-0.3, -0.25) is 15.0 Å². The van der Waals surface area contributed by atoms with E-state index in [1.807, 2.05) is 19.1 Å². The summed E-state index contributed by atoms with van der Waals surface area (Å²) in [6, 6.07) is 7.17. The van der Waals surface area contributed by atoms with Crippen LogP contribution in [0, 0.1) is 10.1 Å². The zero-order chi connectivity index (χ0) is 12.4. The van der Waals surface area contributed by atoms with Crippen molar-refractivity contribution >= 4 is 18.1 Å². The molecule has 1 fully saturated rings. The van der Waals surface area contributed by atoms with Crippen LogP contribution in [0.4, 0.5) is 5.69 Å². The van der Waals surface area contributed by atoms with Gasteiger partial charge in [0.1, 0.15) is 0 Å². The molecule has 0 aliphatic carbocycles. The molecule has 1 aromatic carbocycles. The van der Waals surface area contributed by atoms with Gasteiger partial charge in [0.05, 0.1) is 4.92 Å². The summed E-state index contributed by atoms with van der Waals surface area (Å²) in [5, 5.41) is 11.0. The van der Waals surface area contributed by atoms with Gasteiger partial charge in [0, 0.05) is 36.8 Å². The quantitative estimate of drug-likeness (QED) is 0.675. The highest BCUT2D eigenvalue weighted by Gasteiger charge is 2.28. The molecule has 1 aliphatic heterocycles. The molecule has 1 aliphatic rings. The molecule has 100 valence electrons. The van der Waals surface area contributed by atoms with E-state index < -0.39 is 0 Å². The Kier molecular flexibility index (Phi) is 5.07. The summed E-state index contributed by atoms with van der Waals surface area (Å²) in [7, 11) is 0. The van der Waals surface area contributed by atoms with Crippen molar-refractivity contribution < 1.29 is 4.92 Å². The van der Waals surface area contributed by atoms with Crippen molar-refractivity contribution in [3.8, 4) is 0 Å². The lowest BCUT2D eigenvalue weighted by Gasteiger charge is -2.24. The first kappa shape index (κ1) is 14.9. The van der Waals surface area contributed by atoms with E-state index in [2.05, 4.69) is 4.90 Å². The molecule has 0 amide bonds. The molecule has 1 aromatic rings. The number of rotatable bonds is 3. The minimum Gasteiger partial charge on any atom is -0.326 e. The van der Waals surface area contributed by atoms with Crippen LogP contribution in [0.1, 0.15) is 24.9 Å². The minimum absolute atomic E-state index is 0. The Labute approximate surface area is 113 Å². The van der Waals surface area contributed by atoms with E-state index in [4.69, 9.17) is 5.73 Å². The van der Waals surface area contributed by atoms with Crippen LogP contribution >= 0.6 is 12.4 Å². The number of benzene rings is 1. The zero-order valence-electron chi connectivity index (χ0n) is 10.3. The molecule has 0 saturated carbocycles. The summed E-state index contributed by atoms with van der Waals surface area (Å²) in [6.07, 6.45) is 0.963. The van der Waals surface area contributed by atoms with Crippen molar-refractivity contribution in [1.82, 2.24) is 4.90 Å². The van der Waals surface area contributed by atoms with Crippen molar-refractivity contribution in [3.05, 3.63) is 39.9 Å². The molecule has 2 rings (SSSR count). The average Bonchev–Trinajstić information content (AvgIpc) is 2.75. The van der Waals surface area contributed by atoms with Crippen LogP contribution in [0.5, 0.6) is 0 Å². The first-order valence-electron chi connectivity index (χ1n) is 5.82. The largest absolute Gasteiger partial charge is 0.326 e. The first-order chi connectivity index (χ1) is 8.09. The minimum atomic E-state index is -0.318. The second-order valence-corrected chi connectivity index (χ2v) is 4.54. The van der Waals surface area contributed by atoms with Gasteiger partial charge in [-0.15, -0.1) is 12.4 Å². The van der Waals surface area contributed by atoms with Crippen molar-refractivity contribution in [2.75, 3.05) is 13.1 Å². The standard InChI is InChI=1S/C12H17N3O2.ClH/c1-9(14-7-6-10(13)8-14)11-4-2-3-5-12(11)15(16)17;/h2-5,9-10H,6-8,13H2,1H3;1H. The molecule has 0 spiro atoms. The van der Waals surface area contributed by atoms with E-state index in [-0.39, 0.29) is 35.1 Å². The van der Waals surface area contributed by atoms with E-state index in [9.17, 15) is 10.1 Å². The van der Waals surface area contributed by atoms with Gasteiger partial charge in [-0.05, 0) is 13.3 Å². The number of nitro groups is 1. The van der Waals surface area contributed by atoms with E-state index in [1.54, 1.807) is 12.1 Å². The third-order valence-corrected chi connectivity index (χ3v) is 3.39. The lowest BCUT2D eigenvalue weighted by atomic mass is 10.1. The molecule has 0 aromatic heterocycles. The van der Waals surface area contributed by atoms with Crippen LogP contribution in [0.2, 0.25) is 0 Å². The van der Waals surface area contributed by atoms with Crippen molar-refractivity contribution in [2.45, 2.75) is 25.4 Å². The van der Waals surface area contributed by atoms with Gasteiger partial charge >= 0.3 is 0 Å². The highest BCUT2D eigenvalue weighted by molar-refractivity contribution is 5.85. The fourth-order valence-corrected chi connectivity index (χ4v) is 2.37. The molecular weight excluding hydrogens is 254 g/mol. The monoisotopic (exact) mass is 271 g/mol. The summed E-state index contributed by atoms with van der Waals surface area (Å²) < 4.78 is 0. The third-order valence-electron chi connectivity index (χ3n) is 3.39. The molecule has 0 bridgehead atoms. The van der Waals surface area contributed by atoms with Gasteiger partial charge in [0.15, 0.2) is 0 Å². The smallest absolute Gasteiger partial charge is 0.274 e. The van der Waals surface area contributed by atoms with Gasteiger partial charge in [-0.2, -0.15) is 0 Å². The predicted molar refractivity (Wildman–Crippen MR) is 72.9 cm³/mol. The topological polar surface area (TPSA) is 72.4 Å². The van der Waals surface area contributed by atoms with Gasteiger partial charge < -0.3 is 5.73 Å². The Balaban J connectivity index is 0.00000162. The molecule has 5 nitrogen and oxygen atoms in total. The predicted octanol–water partition coefficient (Wildman–Crippen LogP) is 2.11. The summed E-state index contributed by atoms with van der Waals surface area (Å²) in [6.45, 7) is 3.72. The van der Waals surface area contributed by atoms with Gasteiger partial charge in [0.25, 0.3) is 5.69 Å². The average molecular weight is 272 g/mol. The zero-order valence-corrected chi connectivity index (χ0v) is 11.1. The van der Waals surface area contributed by atoms with E-state index in [0.29, 0.717) is 0 Å². The maximum Gasteiger partial charge on any atom is 0.274 e. The van der Waals surface area contributed by atoms with Gasteiger partial charge in [0.2, 0.25) is 0 Å². The second kappa shape index (κ2) is 6.13. The Morgan fingerprint density at radius 1 is 1.50 bits per heavy atom. The van der Waals surface area contributed by atoms with Gasteiger partial charge in [-0.1, -0.05) is 18.2 Å². The molecule has 2 N–H and O–H groups in total. The number of nitrogens with two attached hydrogens (primary N) is 1. The molecule has 0 radical (unpaired) electrons. The van der Waals surface area contributed by atoms with Gasteiger partial charge in [-0.25, -0.2) is 0 Å². The van der Waals surface area contributed by atoms with Crippen molar-refractivity contribution in [1.29, 1.82) is 0 Å². The summed E-state index contributed by atoms with van der Waals surface area (Å²) >= 11 is 0. The third kappa shape index (κ3) is 2.98. The second-order valence-electron chi connectivity index (χ2n) is 4.54. The number of hydrogen-bond donors (Lipinski definition) is 1. The fourth-order valence-electron chi connectivity index (χ4n) is 2.37. The SMILES string of the molecule is CC(c1ccccc1[N+](=O)[O-])N1CCC(N)C1.Cl. The number of likely N-dealkylation sites (tertiary alicyclic amines) is 1. The Bertz CT molecular complexity index is 428. The molecule has 2 unspecified atom stereocenters. The molecule has 6 heteroatoms. The number of hydrogen-bond acceptors (Lipinski definition) is 4. The molecule has 2 atom stereocenters. The Morgan fingerprint density at radius 3 is 2.72 bits per heavy atom. The lowest BCUT2D eigenvalue weighted by molar-refractivity contribution is -0.385. The highest BCUT2D eigenvalue weighted by Crippen LogP contribution is 2.30. The lowest BCUT2D eigenvalue weighted by Crippen LogP contribution is -2.29. The van der Waals surface area contributed by atoms with Crippen LogP contribution in [0.25, 0.3) is 0 Å².